The van der Waals surface area contributed by atoms with Crippen molar-refractivity contribution in [2.24, 2.45) is 22.9 Å². The fourth-order valence-electron chi connectivity index (χ4n) is 2.89. The highest BCUT2D eigenvalue weighted by Crippen LogP contribution is 1.99. The minimum absolute atomic E-state index is 0.830. The van der Waals surface area contributed by atoms with Crippen molar-refractivity contribution in [1.29, 1.82) is 0 Å². The van der Waals surface area contributed by atoms with Crippen LogP contribution in [0.2, 0.25) is 0 Å². The van der Waals surface area contributed by atoms with Gasteiger partial charge in [-0.1, -0.05) is 38.5 Å². The third-order valence-electron chi connectivity index (χ3n) is 4.73. The number of hydrogen-bond donors (Lipinski definition) is 6. The van der Waals surface area contributed by atoms with Crippen molar-refractivity contribution < 1.29 is 0 Å². The minimum atomic E-state index is 0.830. The molecule has 0 amide bonds. The Bertz CT molecular complexity index is 219. The van der Waals surface area contributed by atoms with Crippen LogP contribution in [0.15, 0.2) is 0 Å². The average Bonchev–Trinajstić information content (AvgIpc) is 2.71. The molecular weight excluding hydrogens is 348 g/mol. The lowest BCUT2D eigenvalue weighted by molar-refractivity contribution is 0.558. The highest BCUT2D eigenvalue weighted by atomic mass is 14.8. The second-order valence-electron chi connectivity index (χ2n) is 7.60. The molecule has 0 saturated carbocycles. The van der Waals surface area contributed by atoms with E-state index >= 15 is 0 Å². The highest BCUT2D eigenvalue weighted by molar-refractivity contribution is 4.52. The number of unbranched alkanes of at least 4 members (excludes halogenated alkanes) is 10. The number of hydrogen-bond acceptors (Lipinski definition) is 6. The van der Waals surface area contributed by atoms with Crippen LogP contribution in [-0.2, 0) is 0 Å². The zero-order valence-corrected chi connectivity index (χ0v) is 18.9. The molecule has 0 rings (SSSR count). The van der Waals surface area contributed by atoms with Gasteiger partial charge in [0.25, 0.3) is 0 Å². The van der Waals surface area contributed by atoms with Crippen molar-refractivity contribution >= 4 is 0 Å². The van der Waals surface area contributed by atoms with Gasteiger partial charge in [0.2, 0.25) is 0 Å². The molecule has 0 fully saturated rings. The predicted octanol–water partition coefficient (Wildman–Crippen LogP) is 2.45. The van der Waals surface area contributed by atoms with Crippen LogP contribution in [-0.4, -0.2) is 52.4 Å². The van der Waals surface area contributed by atoms with Crippen LogP contribution in [0.3, 0.4) is 0 Å². The predicted molar refractivity (Wildman–Crippen MR) is 127 cm³/mol. The van der Waals surface area contributed by atoms with Crippen molar-refractivity contribution in [3.63, 3.8) is 0 Å². The van der Waals surface area contributed by atoms with Crippen LogP contribution in [0.25, 0.3) is 0 Å². The van der Waals surface area contributed by atoms with E-state index < -0.39 is 0 Å². The van der Waals surface area contributed by atoms with E-state index in [1.807, 2.05) is 0 Å². The minimum Gasteiger partial charge on any atom is -0.330 e. The lowest BCUT2D eigenvalue weighted by Crippen LogP contribution is -2.17. The first-order chi connectivity index (χ1) is 13.8. The third-order valence-corrected chi connectivity index (χ3v) is 4.73. The van der Waals surface area contributed by atoms with Crippen molar-refractivity contribution in [2.75, 3.05) is 52.4 Å². The molecule has 10 N–H and O–H groups in total. The lowest BCUT2D eigenvalue weighted by atomic mass is 10.2. The highest BCUT2D eigenvalue weighted by Gasteiger charge is 1.91. The molecule has 0 atom stereocenters. The SMILES string of the molecule is NCCCCCCNCCCCCCN.NCCCCCNCCCCCN. The number of nitrogens with two attached hydrogens (primary N) is 4. The van der Waals surface area contributed by atoms with Crippen LogP contribution < -0.4 is 33.6 Å². The smallest absolute Gasteiger partial charge is 0.00489 e. The van der Waals surface area contributed by atoms with Gasteiger partial charge in [-0.15, -0.1) is 0 Å². The summed E-state index contributed by atoms with van der Waals surface area (Å²) in [5.41, 5.74) is 21.6. The molecule has 0 aromatic heterocycles. The van der Waals surface area contributed by atoms with Crippen LogP contribution >= 0.6 is 0 Å². The van der Waals surface area contributed by atoms with E-state index in [0.717, 1.165) is 52.1 Å². The molecule has 0 aliphatic carbocycles. The first-order valence-electron chi connectivity index (χ1n) is 12.0. The van der Waals surface area contributed by atoms with Crippen molar-refractivity contribution in [2.45, 2.75) is 89.9 Å². The van der Waals surface area contributed by atoms with E-state index in [1.165, 1.54) is 90.1 Å². The molecule has 0 aliphatic heterocycles. The average molecular weight is 403 g/mol. The van der Waals surface area contributed by atoms with E-state index in [1.54, 1.807) is 0 Å². The second-order valence-corrected chi connectivity index (χ2v) is 7.60. The van der Waals surface area contributed by atoms with Crippen LogP contribution in [0.1, 0.15) is 89.9 Å². The molecule has 0 heterocycles. The summed E-state index contributed by atoms with van der Waals surface area (Å²) in [6.45, 7) is 7.96. The zero-order chi connectivity index (χ0) is 21.0. The Kier molecular flexibility index (Phi) is 33.7. The molecular formula is C22H54N6. The Labute approximate surface area is 176 Å². The first kappa shape index (κ1) is 30.0. The summed E-state index contributed by atoms with van der Waals surface area (Å²) in [5, 5.41) is 6.90. The van der Waals surface area contributed by atoms with Gasteiger partial charge in [-0.3, -0.25) is 0 Å². The molecule has 0 radical (unpaired) electrons. The second kappa shape index (κ2) is 31.5. The lowest BCUT2D eigenvalue weighted by Gasteiger charge is -2.04. The Hall–Kier alpha value is -0.240. The third kappa shape index (κ3) is 33.4. The topological polar surface area (TPSA) is 128 Å². The van der Waals surface area contributed by atoms with Gasteiger partial charge < -0.3 is 33.6 Å². The van der Waals surface area contributed by atoms with E-state index in [2.05, 4.69) is 10.6 Å². The summed E-state index contributed by atoms with van der Waals surface area (Å²) >= 11 is 0. The fourth-order valence-corrected chi connectivity index (χ4v) is 2.89. The van der Waals surface area contributed by atoms with Crippen molar-refractivity contribution in [3.8, 4) is 0 Å². The van der Waals surface area contributed by atoms with E-state index in [4.69, 9.17) is 22.9 Å². The van der Waals surface area contributed by atoms with Gasteiger partial charge in [-0.25, -0.2) is 0 Å². The Morgan fingerprint density at radius 3 is 0.750 bits per heavy atom. The molecule has 6 heteroatoms. The maximum Gasteiger partial charge on any atom is -0.00489 e. The summed E-state index contributed by atoms with van der Waals surface area (Å²) in [7, 11) is 0. The van der Waals surface area contributed by atoms with Gasteiger partial charge in [0.1, 0.15) is 0 Å². The van der Waals surface area contributed by atoms with Gasteiger partial charge in [0.05, 0.1) is 0 Å². The van der Waals surface area contributed by atoms with Crippen molar-refractivity contribution in [3.05, 3.63) is 0 Å². The molecule has 0 aliphatic rings. The maximum absolute atomic E-state index is 5.42. The Balaban J connectivity index is 0. The Morgan fingerprint density at radius 2 is 0.500 bits per heavy atom. The molecule has 6 nitrogen and oxygen atoms in total. The summed E-state index contributed by atoms with van der Waals surface area (Å²) < 4.78 is 0. The monoisotopic (exact) mass is 402 g/mol. The summed E-state index contributed by atoms with van der Waals surface area (Å²) in [5.74, 6) is 0. The number of nitrogens with one attached hydrogen (secondary N) is 2. The quantitative estimate of drug-likeness (QED) is 0.154. The molecule has 0 aromatic rings. The number of rotatable bonds is 22. The standard InChI is InChI=1S/C12H29N3.C10H25N3/c13-9-5-1-3-7-11-15-12-8-4-2-6-10-14;11-7-3-1-5-9-13-10-6-2-4-8-12/h15H,1-14H2;13H,1-12H2. The largest absolute Gasteiger partial charge is 0.330 e. The molecule has 0 saturated heterocycles. The summed E-state index contributed by atoms with van der Waals surface area (Å²) in [6.07, 6.45) is 17.5. The normalized spacial score (nSPS) is 10.7. The van der Waals surface area contributed by atoms with Gasteiger partial charge >= 0.3 is 0 Å². The summed E-state index contributed by atoms with van der Waals surface area (Å²) in [6, 6.07) is 0. The van der Waals surface area contributed by atoms with Gasteiger partial charge in [-0.05, 0) is 104 Å². The maximum atomic E-state index is 5.42. The Morgan fingerprint density at radius 1 is 0.286 bits per heavy atom. The fraction of sp³-hybridized carbons (Fsp3) is 1.00. The van der Waals surface area contributed by atoms with Crippen LogP contribution in [0.5, 0.6) is 0 Å². The molecule has 172 valence electrons. The zero-order valence-electron chi connectivity index (χ0n) is 18.9. The van der Waals surface area contributed by atoms with E-state index in [-0.39, 0.29) is 0 Å². The van der Waals surface area contributed by atoms with Gasteiger partial charge in [0.15, 0.2) is 0 Å². The molecule has 0 spiro atoms. The van der Waals surface area contributed by atoms with Crippen LogP contribution in [0, 0.1) is 0 Å². The summed E-state index contributed by atoms with van der Waals surface area (Å²) in [4.78, 5) is 0. The first-order valence-corrected chi connectivity index (χ1v) is 12.0. The molecule has 0 unspecified atom stereocenters. The molecule has 0 bridgehead atoms. The molecule has 28 heavy (non-hydrogen) atoms. The van der Waals surface area contributed by atoms with Gasteiger partial charge in [0, 0.05) is 0 Å². The van der Waals surface area contributed by atoms with E-state index in [0.29, 0.717) is 0 Å². The van der Waals surface area contributed by atoms with Crippen molar-refractivity contribution in [1.82, 2.24) is 10.6 Å². The van der Waals surface area contributed by atoms with E-state index in [9.17, 15) is 0 Å². The molecule has 0 aromatic carbocycles. The van der Waals surface area contributed by atoms with Gasteiger partial charge in [-0.2, -0.15) is 0 Å². The van der Waals surface area contributed by atoms with Crippen LogP contribution in [0.4, 0.5) is 0 Å².